The molecule has 1 aromatic rings. The Balaban J connectivity index is 1.71. The zero-order valence-corrected chi connectivity index (χ0v) is 12.5. The van der Waals surface area contributed by atoms with E-state index >= 15 is 0 Å². The lowest BCUT2D eigenvalue weighted by molar-refractivity contribution is 0.590. The van der Waals surface area contributed by atoms with Crippen molar-refractivity contribution in [2.45, 2.75) is 25.8 Å². The molecule has 3 N–H and O–H groups in total. The van der Waals surface area contributed by atoms with E-state index in [0.717, 1.165) is 19.6 Å². The van der Waals surface area contributed by atoms with Gasteiger partial charge in [-0.1, -0.05) is 12.1 Å². The molecule has 1 aliphatic heterocycles. The van der Waals surface area contributed by atoms with Crippen LogP contribution in [0.15, 0.2) is 24.3 Å². The molecule has 0 saturated carbocycles. The van der Waals surface area contributed by atoms with Crippen LogP contribution in [0.3, 0.4) is 0 Å². The summed E-state index contributed by atoms with van der Waals surface area (Å²) in [5.74, 6) is 0.0356. The Bertz CT molecular complexity index is 508. The van der Waals surface area contributed by atoms with Gasteiger partial charge >= 0.3 is 0 Å². The number of nitrogens with two attached hydrogens (primary N) is 1. The van der Waals surface area contributed by atoms with Crippen LogP contribution in [-0.2, 0) is 16.6 Å². The van der Waals surface area contributed by atoms with E-state index in [2.05, 4.69) is 34.5 Å². The van der Waals surface area contributed by atoms with Crippen molar-refractivity contribution in [3.05, 3.63) is 29.8 Å². The number of hydrogen-bond acceptors (Lipinski definition) is 4. The van der Waals surface area contributed by atoms with Crippen LogP contribution in [-0.4, -0.2) is 33.8 Å². The fourth-order valence-corrected chi connectivity index (χ4v) is 2.98. The van der Waals surface area contributed by atoms with E-state index in [4.69, 9.17) is 5.14 Å². The predicted molar refractivity (Wildman–Crippen MR) is 82.2 cm³/mol. The molecule has 0 unspecified atom stereocenters. The molecular weight excluding hydrogens is 274 g/mol. The largest absolute Gasteiger partial charge is 0.372 e. The Labute approximate surface area is 121 Å². The SMILES string of the molecule is NS(=O)(=O)CCCNCc1ccc(N2CCCC2)cc1. The highest BCUT2D eigenvalue weighted by Gasteiger charge is 2.11. The molecule has 0 aromatic heterocycles. The summed E-state index contributed by atoms with van der Waals surface area (Å²) in [4.78, 5) is 2.41. The molecule has 0 radical (unpaired) electrons. The number of anilines is 1. The molecule has 1 aliphatic rings. The van der Waals surface area contributed by atoms with Gasteiger partial charge in [-0.15, -0.1) is 0 Å². The van der Waals surface area contributed by atoms with Crippen LogP contribution >= 0.6 is 0 Å². The van der Waals surface area contributed by atoms with Gasteiger partial charge in [0.2, 0.25) is 10.0 Å². The Kier molecular flexibility index (Phi) is 5.39. The highest BCUT2D eigenvalue weighted by Crippen LogP contribution is 2.20. The van der Waals surface area contributed by atoms with Crippen molar-refractivity contribution >= 4 is 15.7 Å². The molecular formula is C14H23N3O2S. The second-order valence-corrected chi connectivity index (χ2v) is 6.99. The molecule has 0 bridgehead atoms. The molecule has 2 rings (SSSR count). The first-order valence-corrected chi connectivity index (χ1v) is 8.81. The summed E-state index contributed by atoms with van der Waals surface area (Å²) in [6.07, 6.45) is 3.12. The molecule has 1 heterocycles. The number of hydrogen-bond donors (Lipinski definition) is 2. The van der Waals surface area contributed by atoms with E-state index in [0.29, 0.717) is 13.0 Å². The third kappa shape index (κ3) is 5.11. The van der Waals surface area contributed by atoms with Crippen LogP contribution in [0.2, 0.25) is 0 Å². The molecule has 20 heavy (non-hydrogen) atoms. The van der Waals surface area contributed by atoms with Gasteiger partial charge in [0.05, 0.1) is 5.75 Å². The summed E-state index contributed by atoms with van der Waals surface area (Å²) in [6.45, 7) is 3.73. The zero-order valence-electron chi connectivity index (χ0n) is 11.7. The van der Waals surface area contributed by atoms with Gasteiger partial charge in [-0.2, -0.15) is 0 Å². The fraction of sp³-hybridized carbons (Fsp3) is 0.571. The van der Waals surface area contributed by atoms with Crippen molar-refractivity contribution in [2.75, 3.05) is 30.3 Å². The van der Waals surface area contributed by atoms with Gasteiger partial charge in [0.15, 0.2) is 0 Å². The van der Waals surface area contributed by atoms with Crippen LogP contribution in [0.25, 0.3) is 0 Å². The van der Waals surface area contributed by atoms with E-state index in [-0.39, 0.29) is 5.75 Å². The van der Waals surface area contributed by atoms with E-state index in [1.807, 2.05) is 0 Å². The normalized spacial score (nSPS) is 15.8. The predicted octanol–water partition coefficient (Wildman–Crippen LogP) is 1.06. The summed E-state index contributed by atoms with van der Waals surface area (Å²) in [6, 6.07) is 8.57. The zero-order chi connectivity index (χ0) is 14.4. The molecule has 0 atom stereocenters. The average molecular weight is 297 g/mol. The highest BCUT2D eigenvalue weighted by atomic mass is 32.2. The van der Waals surface area contributed by atoms with Crippen molar-refractivity contribution in [3.8, 4) is 0 Å². The second kappa shape index (κ2) is 7.06. The summed E-state index contributed by atoms with van der Waals surface area (Å²) in [5.41, 5.74) is 2.50. The molecule has 6 heteroatoms. The number of sulfonamides is 1. The van der Waals surface area contributed by atoms with Gasteiger partial charge in [-0.05, 0) is 43.5 Å². The Hall–Kier alpha value is -1.11. The summed E-state index contributed by atoms with van der Waals surface area (Å²) >= 11 is 0. The number of primary sulfonamides is 1. The van der Waals surface area contributed by atoms with Crippen LogP contribution in [0.4, 0.5) is 5.69 Å². The van der Waals surface area contributed by atoms with E-state index in [9.17, 15) is 8.42 Å². The lowest BCUT2D eigenvalue weighted by Crippen LogP contribution is -2.22. The second-order valence-electron chi connectivity index (χ2n) is 5.26. The summed E-state index contributed by atoms with van der Waals surface area (Å²) in [5, 5.41) is 8.17. The number of nitrogens with one attached hydrogen (secondary N) is 1. The van der Waals surface area contributed by atoms with Crippen molar-refractivity contribution in [1.82, 2.24) is 5.32 Å². The van der Waals surface area contributed by atoms with E-state index < -0.39 is 10.0 Å². The van der Waals surface area contributed by atoms with Crippen molar-refractivity contribution < 1.29 is 8.42 Å². The quantitative estimate of drug-likeness (QED) is 0.738. The topological polar surface area (TPSA) is 75.4 Å². The molecule has 1 aromatic carbocycles. The van der Waals surface area contributed by atoms with Crippen LogP contribution in [0.5, 0.6) is 0 Å². The molecule has 0 aliphatic carbocycles. The number of rotatable bonds is 7. The molecule has 0 spiro atoms. The molecule has 1 saturated heterocycles. The minimum Gasteiger partial charge on any atom is -0.372 e. The summed E-state index contributed by atoms with van der Waals surface area (Å²) < 4.78 is 21.5. The van der Waals surface area contributed by atoms with Gasteiger partial charge < -0.3 is 10.2 Å². The maximum atomic E-state index is 10.8. The minimum absolute atomic E-state index is 0.0356. The van der Waals surface area contributed by atoms with Crippen LogP contribution < -0.4 is 15.4 Å². The van der Waals surface area contributed by atoms with Crippen molar-refractivity contribution in [2.24, 2.45) is 5.14 Å². The number of benzene rings is 1. The molecule has 1 fully saturated rings. The highest BCUT2D eigenvalue weighted by molar-refractivity contribution is 7.89. The smallest absolute Gasteiger partial charge is 0.209 e. The molecule has 5 nitrogen and oxygen atoms in total. The fourth-order valence-electron chi connectivity index (χ4n) is 2.43. The number of nitrogens with zero attached hydrogens (tertiary/aromatic N) is 1. The van der Waals surface area contributed by atoms with Crippen LogP contribution in [0.1, 0.15) is 24.8 Å². The molecule has 0 amide bonds. The average Bonchev–Trinajstić information content (AvgIpc) is 2.92. The van der Waals surface area contributed by atoms with E-state index in [1.54, 1.807) is 0 Å². The molecule has 112 valence electrons. The van der Waals surface area contributed by atoms with Crippen molar-refractivity contribution in [1.29, 1.82) is 0 Å². The third-order valence-corrected chi connectivity index (χ3v) is 4.38. The Morgan fingerprint density at radius 1 is 1.15 bits per heavy atom. The maximum Gasteiger partial charge on any atom is 0.209 e. The minimum atomic E-state index is -3.33. The standard InChI is InChI=1S/C14H23N3O2S/c15-20(18,19)11-3-8-16-12-13-4-6-14(7-5-13)17-9-1-2-10-17/h4-7,16H,1-3,8-12H2,(H2,15,18,19). The van der Waals surface area contributed by atoms with Gasteiger partial charge in [0.1, 0.15) is 0 Å². The van der Waals surface area contributed by atoms with Gasteiger partial charge in [0, 0.05) is 25.3 Å². The summed E-state index contributed by atoms with van der Waals surface area (Å²) in [7, 11) is -3.33. The first-order chi connectivity index (χ1) is 9.54. The first kappa shape index (κ1) is 15.3. The first-order valence-electron chi connectivity index (χ1n) is 7.10. The Morgan fingerprint density at radius 3 is 2.40 bits per heavy atom. The van der Waals surface area contributed by atoms with Crippen LogP contribution in [0, 0.1) is 0 Å². The lowest BCUT2D eigenvalue weighted by Gasteiger charge is -2.17. The van der Waals surface area contributed by atoms with Gasteiger partial charge in [-0.25, -0.2) is 13.6 Å². The van der Waals surface area contributed by atoms with Gasteiger partial charge in [-0.3, -0.25) is 0 Å². The van der Waals surface area contributed by atoms with Gasteiger partial charge in [0.25, 0.3) is 0 Å². The third-order valence-electron chi connectivity index (χ3n) is 3.52. The lowest BCUT2D eigenvalue weighted by atomic mass is 10.2. The monoisotopic (exact) mass is 297 g/mol. The maximum absolute atomic E-state index is 10.8. The van der Waals surface area contributed by atoms with E-state index in [1.165, 1.54) is 24.1 Å². The van der Waals surface area contributed by atoms with Crippen molar-refractivity contribution in [3.63, 3.8) is 0 Å². The Morgan fingerprint density at radius 2 is 1.80 bits per heavy atom.